The molecule has 6 nitrogen and oxygen atoms in total. The van der Waals surface area contributed by atoms with Crippen molar-refractivity contribution in [2.24, 2.45) is 7.05 Å². The zero-order chi connectivity index (χ0) is 14.7. The maximum atomic E-state index is 12.6. The van der Waals surface area contributed by atoms with Crippen LogP contribution in [0.4, 0.5) is 5.69 Å². The van der Waals surface area contributed by atoms with Crippen LogP contribution in [-0.4, -0.2) is 58.7 Å². The molecule has 1 heterocycles. The average Bonchev–Trinajstić information content (AvgIpc) is 2.52. The lowest BCUT2D eigenvalue weighted by atomic mass is 10.2. The predicted octanol–water partition coefficient (Wildman–Crippen LogP) is 0.723. The highest BCUT2D eigenvalue weighted by atomic mass is 16.2. The molecule has 0 fully saturated rings. The summed E-state index contributed by atoms with van der Waals surface area (Å²) in [6, 6.07) is 0.127. The van der Waals surface area contributed by atoms with Gasteiger partial charge in [0.1, 0.15) is 5.69 Å². The summed E-state index contributed by atoms with van der Waals surface area (Å²) in [6.45, 7) is 7.30. The molecule has 0 aliphatic carbocycles. The molecular weight excluding hydrogens is 242 g/mol. The molecule has 0 spiro atoms. The van der Waals surface area contributed by atoms with Crippen molar-refractivity contribution in [3.63, 3.8) is 0 Å². The molecule has 0 saturated heterocycles. The molecule has 108 valence electrons. The number of hydrogen-bond acceptors (Lipinski definition) is 4. The summed E-state index contributed by atoms with van der Waals surface area (Å²) in [4.78, 5) is 16.5. The van der Waals surface area contributed by atoms with Gasteiger partial charge in [0, 0.05) is 26.2 Å². The van der Waals surface area contributed by atoms with Crippen molar-refractivity contribution < 1.29 is 4.79 Å². The topological polar surface area (TPSA) is 67.4 Å². The lowest BCUT2D eigenvalue weighted by Gasteiger charge is -2.30. The van der Waals surface area contributed by atoms with Crippen molar-refractivity contribution >= 4 is 11.6 Å². The lowest BCUT2D eigenvalue weighted by molar-refractivity contribution is 0.0669. The van der Waals surface area contributed by atoms with Crippen LogP contribution < -0.4 is 5.73 Å². The Balaban J connectivity index is 3.02. The highest BCUT2D eigenvalue weighted by molar-refractivity contribution is 5.98. The van der Waals surface area contributed by atoms with E-state index in [9.17, 15) is 4.79 Å². The minimum absolute atomic E-state index is 0.0579. The standard InChI is InChI=1S/C13H25N5O/c1-7-18(9(2)8-16(4)5)13(19)12-11(14)10(3)15-17(12)6/h9H,7-8,14H2,1-6H3. The van der Waals surface area contributed by atoms with Crippen LogP contribution in [-0.2, 0) is 7.05 Å². The zero-order valence-electron chi connectivity index (χ0n) is 12.8. The van der Waals surface area contributed by atoms with Crippen LogP contribution in [0.25, 0.3) is 0 Å². The number of aryl methyl sites for hydroxylation is 2. The fourth-order valence-electron chi connectivity index (χ4n) is 2.35. The van der Waals surface area contributed by atoms with Crippen LogP contribution in [0.15, 0.2) is 0 Å². The summed E-state index contributed by atoms with van der Waals surface area (Å²) in [7, 11) is 5.75. The Hall–Kier alpha value is -1.56. The van der Waals surface area contributed by atoms with E-state index < -0.39 is 0 Å². The highest BCUT2D eigenvalue weighted by Gasteiger charge is 2.26. The van der Waals surface area contributed by atoms with Gasteiger partial charge in [0.2, 0.25) is 0 Å². The monoisotopic (exact) mass is 267 g/mol. The SMILES string of the molecule is CCN(C(=O)c1c(N)c(C)nn1C)C(C)CN(C)C. The lowest BCUT2D eigenvalue weighted by Crippen LogP contribution is -2.44. The number of amides is 1. The summed E-state index contributed by atoms with van der Waals surface area (Å²) in [5, 5.41) is 4.20. The van der Waals surface area contributed by atoms with Gasteiger partial charge in [-0.1, -0.05) is 0 Å². The third-order valence-electron chi connectivity index (χ3n) is 3.23. The average molecular weight is 267 g/mol. The number of nitrogens with zero attached hydrogens (tertiary/aromatic N) is 4. The third-order valence-corrected chi connectivity index (χ3v) is 3.23. The molecule has 0 aromatic carbocycles. The Labute approximate surface area is 115 Å². The van der Waals surface area contributed by atoms with E-state index in [4.69, 9.17) is 5.73 Å². The molecular formula is C13H25N5O. The molecule has 1 aromatic rings. The number of nitrogens with two attached hydrogens (primary N) is 1. The van der Waals surface area contributed by atoms with Gasteiger partial charge in [-0.3, -0.25) is 9.48 Å². The molecule has 1 atom stereocenters. The maximum absolute atomic E-state index is 12.6. The summed E-state index contributed by atoms with van der Waals surface area (Å²) in [5.74, 6) is -0.0579. The third kappa shape index (κ3) is 3.26. The Bertz CT molecular complexity index is 452. The molecule has 0 aliphatic rings. The Kier molecular flexibility index (Phi) is 4.94. The first-order chi connectivity index (χ1) is 8.79. The molecule has 2 N–H and O–H groups in total. The first kappa shape index (κ1) is 15.5. The first-order valence-corrected chi connectivity index (χ1v) is 6.54. The molecule has 19 heavy (non-hydrogen) atoms. The number of nitrogen functional groups attached to an aromatic ring is 1. The zero-order valence-corrected chi connectivity index (χ0v) is 12.8. The van der Waals surface area contributed by atoms with Gasteiger partial charge in [0.25, 0.3) is 5.91 Å². The molecule has 0 radical (unpaired) electrons. The number of likely N-dealkylation sites (N-methyl/N-ethyl adjacent to an activating group) is 2. The van der Waals surface area contributed by atoms with Gasteiger partial charge in [-0.15, -0.1) is 0 Å². The molecule has 1 rings (SSSR count). The van der Waals surface area contributed by atoms with Crippen molar-refractivity contribution in [1.82, 2.24) is 19.6 Å². The number of rotatable bonds is 5. The second kappa shape index (κ2) is 6.06. The van der Waals surface area contributed by atoms with Crippen molar-refractivity contribution in [1.29, 1.82) is 0 Å². The van der Waals surface area contributed by atoms with E-state index in [0.717, 1.165) is 6.54 Å². The van der Waals surface area contributed by atoms with Gasteiger partial charge in [-0.25, -0.2) is 0 Å². The Morgan fingerprint density at radius 2 is 2.05 bits per heavy atom. The molecule has 0 saturated carbocycles. The number of carbonyl (C=O) groups is 1. The summed E-state index contributed by atoms with van der Waals surface area (Å²) in [6.07, 6.45) is 0. The van der Waals surface area contributed by atoms with Crippen LogP contribution >= 0.6 is 0 Å². The molecule has 0 bridgehead atoms. The fraction of sp³-hybridized carbons (Fsp3) is 0.692. The largest absolute Gasteiger partial charge is 0.395 e. The van der Waals surface area contributed by atoms with Gasteiger partial charge < -0.3 is 15.5 Å². The quantitative estimate of drug-likeness (QED) is 0.853. The van der Waals surface area contributed by atoms with Crippen LogP contribution in [0, 0.1) is 6.92 Å². The molecule has 1 unspecified atom stereocenters. The first-order valence-electron chi connectivity index (χ1n) is 6.54. The molecule has 1 amide bonds. The summed E-state index contributed by atoms with van der Waals surface area (Å²) >= 11 is 0. The minimum atomic E-state index is -0.0579. The van der Waals surface area contributed by atoms with Crippen LogP contribution in [0.3, 0.4) is 0 Å². The van der Waals surface area contributed by atoms with Crippen molar-refractivity contribution in [2.75, 3.05) is 32.9 Å². The van der Waals surface area contributed by atoms with Crippen LogP contribution in [0.1, 0.15) is 30.0 Å². The number of aromatic nitrogens is 2. The molecule has 6 heteroatoms. The van der Waals surface area contributed by atoms with Gasteiger partial charge in [0.15, 0.2) is 0 Å². The normalized spacial score (nSPS) is 12.8. The second-order valence-electron chi connectivity index (χ2n) is 5.17. The Morgan fingerprint density at radius 1 is 1.47 bits per heavy atom. The summed E-state index contributed by atoms with van der Waals surface area (Å²) in [5.41, 5.74) is 7.61. The van der Waals surface area contributed by atoms with Crippen molar-refractivity contribution in [3.05, 3.63) is 11.4 Å². The number of carbonyl (C=O) groups excluding carboxylic acids is 1. The number of anilines is 1. The Morgan fingerprint density at radius 3 is 2.42 bits per heavy atom. The van der Waals surface area contributed by atoms with Gasteiger partial charge in [-0.05, 0) is 34.9 Å². The van der Waals surface area contributed by atoms with Crippen LogP contribution in [0.5, 0.6) is 0 Å². The van der Waals surface area contributed by atoms with E-state index >= 15 is 0 Å². The smallest absolute Gasteiger partial charge is 0.274 e. The van der Waals surface area contributed by atoms with E-state index in [2.05, 4.69) is 10.00 Å². The molecule has 1 aromatic heterocycles. The van der Waals surface area contributed by atoms with Crippen molar-refractivity contribution in [3.8, 4) is 0 Å². The minimum Gasteiger partial charge on any atom is -0.395 e. The van der Waals surface area contributed by atoms with Crippen LogP contribution in [0.2, 0.25) is 0 Å². The van der Waals surface area contributed by atoms with E-state index in [-0.39, 0.29) is 11.9 Å². The van der Waals surface area contributed by atoms with E-state index in [1.807, 2.05) is 39.8 Å². The summed E-state index contributed by atoms with van der Waals surface area (Å²) < 4.78 is 1.57. The van der Waals surface area contributed by atoms with Gasteiger partial charge in [0.05, 0.1) is 11.4 Å². The van der Waals surface area contributed by atoms with E-state index in [0.29, 0.717) is 23.6 Å². The highest BCUT2D eigenvalue weighted by Crippen LogP contribution is 2.18. The fourth-order valence-corrected chi connectivity index (χ4v) is 2.35. The second-order valence-corrected chi connectivity index (χ2v) is 5.17. The van der Waals surface area contributed by atoms with E-state index in [1.165, 1.54) is 0 Å². The van der Waals surface area contributed by atoms with Crippen molar-refractivity contribution in [2.45, 2.75) is 26.8 Å². The molecule has 0 aliphatic heterocycles. The predicted molar refractivity (Wildman–Crippen MR) is 77.1 cm³/mol. The maximum Gasteiger partial charge on any atom is 0.274 e. The van der Waals surface area contributed by atoms with E-state index in [1.54, 1.807) is 11.7 Å². The number of hydrogen-bond donors (Lipinski definition) is 1. The van der Waals surface area contributed by atoms with Gasteiger partial charge >= 0.3 is 0 Å². The van der Waals surface area contributed by atoms with Gasteiger partial charge in [-0.2, -0.15) is 5.10 Å².